The van der Waals surface area contributed by atoms with Crippen molar-refractivity contribution in [1.82, 2.24) is 0 Å². The predicted molar refractivity (Wildman–Crippen MR) is 168 cm³/mol. The van der Waals surface area contributed by atoms with Gasteiger partial charge in [-0.15, -0.1) is 11.5 Å². The summed E-state index contributed by atoms with van der Waals surface area (Å²) in [5.74, 6) is -0.0326. The number of halogens is 6. The maximum absolute atomic E-state index is 11.8. The van der Waals surface area contributed by atoms with Gasteiger partial charge in [0, 0.05) is 23.8 Å². The van der Waals surface area contributed by atoms with E-state index in [9.17, 15) is 35.4 Å². The van der Waals surface area contributed by atoms with Crippen LogP contribution in [0.3, 0.4) is 0 Å². The van der Waals surface area contributed by atoms with E-state index in [1.165, 1.54) is 0 Å². The zero-order chi connectivity index (χ0) is 33.4. The predicted octanol–water partition coefficient (Wildman–Crippen LogP) is 8.60. The number of benzene rings is 4. The van der Waals surface area contributed by atoms with Crippen molar-refractivity contribution in [3.63, 3.8) is 0 Å². The summed E-state index contributed by atoms with van der Waals surface area (Å²) in [5.41, 5.74) is 13.6. The van der Waals surface area contributed by atoms with Gasteiger partial charge in [0.2, 0.25) is 0 Å². The van der Waals surface area contributed by atoms with E-state index in [-0.39, 0.29) is 43.1 Å². The van der Waals surface area contributed by atoms with E-state index in [0.717, 1.165) is 37.1 Å². The molecule has 1 fully saturated rings. The number of aliphatic imine (C=N–C) groups is 2. The monoisotopic (exact) mass is 753 g/mol. The summed E-state index contributed by atoms with van der Waals surface area (Å²) in [6.45, 7) is 0. The van der Waals surface area contributed by atoms with Gasteiger partial charge in [0.15, 0.2) is 0 Å². The second-order valence-electron chi connectivity index (χ2n) is 9.83. The van der Waals surface area contributed by atoms with Crippen LogP contribution in [0.15, 0.2) is 119 Å². The molecule has 0 amide bonds. The molecule has 247 valence electrons. The van der Waals surface area contributed by atoms with Crippen molar-refractivity contribution >= 4 is 31.6 Å². The van der Waals surface area contributed by atoms with E-state index in [1.807, 2.05) is 72.8 Å². The molecule has 14 heteroatoms. The van der Waals surface area contributed by atoms with Gasteiger partial charge in [-0.25, -0.2) is 0 Å². The SMILES string of the molecule is F[P-](F)(F)(F)(F)F.Nc1ccccc1.Nc1ccccc1.[O-]c1ccccc1C=N[C@@H]1CCCC[C@H]1N=Cc1ccccc1[O-].[Ru+5]. The van der Waals surface area contributed by atoms with Crippen molar-refractivity contribution in [3.05, 3.63) is 120 Å². The molecule has 0 aromatic heterocycles. The van der Waals surface area contributed by atoms with E-state index in [0.29, 0.717) is 11.1 Å². The second kappa shape index (κ2) is 17.7. The molecule has 4 aromatic carbocycles. The molecule has 2 atom stereocenters. The van der Waals surface area contributed by atoms with Crippen LogP contribution >= 0.6 is 7.81 Å². The van der Waals surface area contributed by atoms with E-state index >= 15 is 0 Å². The van der Waals surface area contributed by atoms with Gasteiger partial charge >= 0.3 is 52.5 Å². The molecule has 0 heterocycles. The minimum Gasteiger partial charge on any atom is -0.872 e. The first-order valence-corrected chi connectivity index (χ1v) is 15.8. The van der Waals surface area contributed by atoms with Crippen molar-refractivity contribution < 1.29 is 54.9 Å². The molecule has 46 heavy (non-hydrogen) atoms. The number of anilines is 2. The topological polar surface area (TPSA) is 123 Å². The standard InChI is InChI=1S/C20H22N2O2.2C6H7N.F6P.Ru/c23-19-11-5-1-7-15(19)13-21-17-9-3-4-10-18(17)22-14-16-8-2-6-12-20(16)24;2*7-6-4-2-1-3-5-6;1-7(2,3,4,5)6;/h1-2,5-8,11-14,17-18,23-24H,3-4,9-10H2;2*1-5H,7H2;;/q;;;-1;+5/p-2/t17-,18-;;;;/m1..../s1. The zero-order valence-electron chi connectivity index (χ0n) is 24.5. The Hall–Kier alpha value is -3.95. The molecule has 4 aromatic rings. The molecule has 1 aliphatic rings. The first-order valence-electron chi connectivity index (χ1n) is 13.7. The Morgan fingerprint density at radius 1 is 0.543 bits per heavy atom. The van der Waals surface area contributed by atoms with Gasteiger partial charge in [-0.3, -0.25) is 9.98 Å². The average molecular weight is 753 g/mol. The van der Waals surface area contributed by atoms with Crippen LogP contribution in [0.2, 0.25) is 0 Å². The molecule has 0 bridgehead atoms. The zero-order valence-corrected chi connectivity index (χ0v) is 27.1. The minimum absolute atomic E-state index is 0. The molecule has 1 saturated carbocycles. The van der Waals surface area contributed by atoms with E-state index in [4.69, 9.17) is 11.5 Å². The first-order chi connectivity index (χ1) is 21.0. The van der Waals surface area contributed by atoms with Crippen LogP contribution < -0.4 is 21.7 Å². The molecule has 1 aliphatic carbocycles. The molecule has 0 spiro atoms. The minimum atomic E-state index is -10.7. The van der Waals surface area contributed by atoms with E-state index in [1.54, 1.807) is 48.8 Å². The molecule has 0 saturated heterocycles. The van der Waals surface area contributed by atoms with Crippen LogP contribution in [-0.2, 0) is 19.5 Å². The summed E-state index contributed by atoms with van der Waals surface area (Å²) in [6, 6.07) is 32.9. The van der Waals surface area contributed by atoms with Crippen molar-refractivity contribution in [3.8, 4) is 11.5 Å². The van der Waals surface area contributed by atoms with Crippen molar-refractivity contribution in [2.24, 2.45) is 9.98 Å². The Kier molecular flexibility index (Phi) is 15.4. The van der Waals surface area contributed by atoms with E-state index in [2.05, 4.69) is 9.98 Å². The largest absolute Gasteiger partial charge is 5.00 e. The maximum atomic E-state index is 11.8. The third kappa shape index (κ3) is 20.2. The molecular formula is C32H34F6N4O2PRu+2. The quantitative estimate of drug-likeness (QED) is 0.0713. The van der Waals surface area contributed by atoms with Gasteiger partial charge in [-0.05, 0) is 48.2 Å². The number of nitrogens with zero attached hydrogens (tertiary/aromatic N) is 2. The van der Waals surface area contributed by atoms with Crippen molar-refractivity contribution in [1.29, 1.82) is 0 Å². The Morgan fingerprint density at radius 3 is 1.09 bits per heavy atom. The van der Waals surface area contributed by atoms with E-state index < -0.39 is 7.81 Å². The first kappa shape index (κ1) is 40.1. The normalized spacial score (nSPS) is 17.3. The summed E-state index contributed by atoms with van der Waals surface area (Å²) >= 11 is 0. The second-order valence-corrected chi connectivity index (χ2v) is 11.7. The van der Waals surface area contributed by atoms with Crippen LogP contribution in [0.5, 0.6) is 11.5 Å². The summed E-state index contributed by atoms with van der Waals surface area (Å²) in [5, 5.41) is 23.5. The number of nitrogen functional groups attached to an aromatic ring is 2. The average Bonchev–Trinajstić information content (AvgIpc) is 2.97. The smallest absolute Gasteiger partial charge is 0.872 e. The van der Waals surface area contributed by atoms with Crippen LogP contribution in [0.4, 0.5) is 36.6 Å². The Balaban J connectivity index is 0.000000390. The fourth-order valence-corrected chi connectivity index (χ4v) is 3.87. The van der Waals surface area contributed by atoms with Crippen LogP contribution in [-0.4, -0.2) is 24.5 Å². The van der Waals surface area contributed by atoms with Gasteiger partial charge in [-0.2, -0.15) is 0 Å². The fraction of sp³-hybridized carbons (Fsp3) is 0.188. The number of rotatable bonds is 4. The molecule has 0 aliphatic heterocycles. The Morgan fingerprint density at radius 2 is 0.826 bits per heavy atom. The summed E-state index contributed by atoms with van der Waals surface area (Å²) in [4.78, 5) is 9.23. The van der Waals surface area contributed by atoms with Crippen LogP contribution in [0.25, 0.3) is 0 Å². The summed E-state index contributed by atoms with van der Waals surface area (Å²) < 4.78 is 59.2. The summed E-state index contributed by atoms with van der Waals surface area (Å²) in [6.07, 6.45) is 7.48. The summed E-state index contributed by atoms with van der Waals surface area (Å²) in [7, 11) is -10.7. The molecular weight excluding hydrogens is 718 g/mol. The van der Waals surface area contributed by atoms with Gasteiger partial charge in [0.25, 0.3) is 0 Å². The van der Waals surface area contributed by atoms with Gasteiger partial charge in [0.1, 0.15) is 0 Å². The molecule has 1 radical (unpaired) electrons. The van der Waals surface area contributed by atoms with Crippen molar-refractivity contribution in [2.75, 3.05) is 11.5 Å². The molecule has 0 unspecified atom stereocenters. The third-order valence-electron chi connectivity index (χ3n) is 5.94. The Labute approximate surface area is 276 Å². The van der Waals surface area contributed by atoms with Crippen LogP contribution in [0.1, 0.15) is 36.8 Å². The van der Waals surface area contributed by atoms with Gasteiger partial charge in [0.05, 0.1) is 12.1 Å². The van der Waals surface area contributed by atoms with Crippen molar-refractivity contribution in [2.45, 2.75) is 37.8 Å². The number of hydrogen-bond acceptors (Lipinski definition) is 6. The van der Waals surface area contributed by atoms with Gasteiger partial charge < -0.3 is 21.7 Å². The number of nitrogens with two attached hydrogens (primary N) is 2. The number of para-hydroxylation sites is 4. The Bertz CT molecular complexity index is 1400. The molecule has 5 rings (SSSR count). The molecule has 4 N–H and O–H groups in total. The van der Waals surface area contributed by atoms with Crippen LogP contribution in [0, 0.1) is 0 Å². The maximum Gasteiger partial charge on any atom is 5.00 e. The number of hydrogen-bond donors (Lipinski definition) is 2. The third-order valence-corrected chi connectivity index (χ3v) is 5.94. The molecule has 6 nitrogen and oxygen atoms in total. The fourth-order valence-electron chi connectivity index (χ4n) is 3.87. The van der Waals surface area contributed by atoms with Gasteiger partial charge in [-0.1, -0.05) is 97.8 Å².